The van der Waals surface area contributed by atoms with Crippen LogP contribution in [0.1, 0.15) is 28.7 Å². The Labute approximate surface area is 144 Å². The molecule has 23 heavy (non-hydrogen) atoms. The molecule has 2 heterocycles. The van der Waals surface area contributed by atoms with Gasteiger partial charge < -0.3 is 4.74 Å². The highest BCUT2D eigenvalue weighted by molar-refractivity contribution is 9.13. The number of halogens is 1. The zero-order valence-corrected chi connectivity index (χ0v) is 14.9. The van der Waals surface area contributed by atoms with Crippen LogP contribution in [-0.4, -0.2) is 26.8 Å². The molecule has 0 saturated carbocycles. The van der Waals surface area contributed by atoms with Crippen LogP contribution in [0.2, 0.25) is 0 Å². The number of nitrogens with zero attached hydrogens (tertiary/aromatic N) is 2. The Balaban J connectivity index is 2.12. The Kier molecular flexibility index (Phi) is 4.41. The van der Waals surface area contributed by atoms with E-state index in [1.807, 2.05) is 18.2 Å². The Bertz CT molecular complexity index is 864. The topological polar surface area (TPSA) is 69.2 Å². The average Bonchev–Trinajstić information content (AvgIpc) is 2.82. The molecule has 0 amide bonds. The number of rotatable bonds is 3. The van der Waals surface area contributed by atoms with Gasteiger partial charge in [0.05, 0.1) is 31.8 Å². The normalized spacial score (nSPS) is 16.0. The van der Waals surface area contributed by atoms with E-state index in [0.29, 0.717) is 25.7 Å². The van der Waals surface area contributed by atoms with Gasteiger partial charge in [-0.3, -0.25) is 0 Å². The fourth-order valence-electron chi connectivity index (χ4n) is 2.27. The van der Waals surface area contributed by atoms with Gasteiger partial charge in [0.25, 0.3) is 0 Å². The molecule has 118 valence electrons. The van der Waals surface area contributed by atoms with Gasteiger partial charge in [-0.1, -0.05) is 12.1 Å². The maximum absolute atomic E-state index is 12.2. The fraction of sp³-hybridized carbons (Fsp3) is 0.188. The number of esters is 1. The Hall–Kier alpha value is -1.86. The number of fused-ring (bicyclic) bond motifs is 1. The van der Waals surface area contributed by atoms with Crippen LogP contribution in [0.5, 0.6) is 0 Å². The summed E-state index contributed by atoms with van der Waals surface area (Å²) in [5.41, 5.74) is 2.86. The van der Waals surface area contributed by atoms with Gasteiger partial charge in [-0.25, -0.2) is 19.0 Å². The van der Waals surface area contributed by atoms with Gasteiger partial charge in [0.15, 0.2) is 5.69 Å². The number of carbonyl (C=O) groups excluding carboxylic acids is 1. The van der Waals surface area contributed by atoms with Gasteiger partial charge in [0.1, 0.15) is 5.69 Å². The van der Waals surface area contributed by atoms with Gasteiger partial charge in [-0.2, -0.15) is 0 Å². The van der Waals surface area contributed by atoms with Crippen LogP contribution in [0.25, 0.3) is 17.3 Å². The summed E-state index contributed by atoms with van der Waals surface area (Å²) in [5.74, 6) is -0.518. The number of aromatic nitrogens is 2. The van der Waals surface area contributed by atoms with E-state index in [-0.39, 0.29) is 12.3 Å². The smallest absolute Gasteiger partial charge is 0.359 e. The summed E-state index contributed by atoms with van der Waals surface area (Å²) < 4.78 is 17.9. The average molecular weight is 393 g/mol. The SMILES string of the molecule is CCOC(=O)c1ncc(C)nc1-c1ccc2c(c1)S(=O)C(Br)=C2. The molecule has 1 aliphatic heterocycles. The van der Waals surface area contributed by atoms with Crippen LogP contribution in [-0.2, 0) is 15.5 Å². The molecule has 2 aromatic rings. The number of benzene rings is 1. The zero-order chi connectivity index (χ0) is 16.6. The lowest BCUT2D eigenvalue weighted by atomic mass is 10.1. The van der Waals surface area contributed by atoms with Crippen molar-refractivity contribution in [2.45, 2.75) is 18.7 Å². The second-order valence-corrected chi connectivity index (χ2v) is 7.70. The highest BCUT2D eigenvalue weighted by atomic mass is 79.9. The molecule has 5 nitrogen and oxygen atoms in total. The van der Waals surface area contributed by atoms with Crippen molar-refractivity contribution < 1.29 is 13.7 Å². The van der Waals surface area contributed by atoms with Gasteiger partial charge in [-0.15, -0.1) is 0 Å². The highest BCUT2D eigenvalue weighted by Crippen LogP contribution is 2.35. The molecular formula is C16H13BrN2O3S. The van der Waals surface area contributed by atoms with E-state index in [9.17, 15) is 9.00 Å². The predicted molar refractivity (Wildman–Crippen MR) is 91.5 cm³/mol. The first-order chi connectivity index (χ1) is 11.0. The molecule has 1 aromatic carbocycles. The molecule has 0 fully saturated rings. The predicted octanol–water partition coefficient (Wildman–Crippen LogP) is 3.44. The van der Waals surface area contributed by atoms with Crippen LogP contribution in [0.3, 0.4) is 0 Å². The third-order valence-electron chi connectivity index (χ3n) is 3.29. The van der Waals surface area contributed by atoms with Crippen LogP contribution < -0.4 is 0 Å². The lowest BCUT2D eigenvalue weighted by molar-refractivity contribution is 0.0520. The summed E-state index contributed by atoms with van der Waals surface area (Å²) in [6, 6.07) is 5.47. The Morgan fingerprint density at radius 2 is 2.17 bits per heavy atom. The van der Waals surface area contributed by atoms with Crippen LogP contribution >= 0.6 is 15.9 Å². The quantitative estimate of drug-likeness (QED) is 0.748. The first kappa shape index (κ1) is 16.0. The molecule has 0 N–H and O–H groups in total. The van der Waals surface area contributed by atoms with Crippen molar-refractivity contribution in [3.8, 4) is 11.3 Å². The molecule has 1 aliphatic rings. The monoisotopic (exact) mass is 392 g/mol. The van der Waals surface area contributed by atoms with Crippen molar-refractivity contribution in [3.63, 3.8) is 0 Å². The molecule has 7 heteroatoms. The molecule has 0 spiro atoms. The fourth-order valence-corrected chi connectivity index (χ4v) is 4.06. The number of hydrogen-bond donors (Lipinski definition) is 0. The van der Waals surface area contributed by atoms with Crippen molar-refractivity contribution in [2.24, 2.45) is 0 Å². The van der Waals surface area contributed by atoms with Gasteiger partial charge in [0, 0.05) is 11.8 Å². The molecule has 1 unspecified atom stereocenters. The van der Waals surface area contributed by atoms with Crippen molar-refractivity contribution >= 4 is 38.8 Å². The van der Waals surface area contributed by atoms with Crippen molar-refractivity contribution in [1.29, 1.82) is 0 Å². The van der Waals surface area contributed by atoms with Crippen molar-refractivity contribution in [1.82, 2.24) is 9.97 Å². The largest absolute Gasteiger partial charge is 0.461 e. The zero-order valence-electron chi connectivity index (χ0n) is 12.5. The maximum Gasteiger partial charge on any atom is 0.359 e. The second kappa shape index (κ2) is 6.33. The van der Waals surface area contributed by atoms with E-state index in [1.165, 1.54) is 6.20 Å². The molecule has 0 radical (unpaired) electrons. The van der Waals surface area contributed by atoms with E-state index in [4.69, 9.17) is 4.74 Å². The highest BCUT2D eigenvalue weighted by Gasteiger charge is 2.23. The van der Waals surface area contributed by atoms with E-state index >= 15 is 0 Å². The number of hydrogen-bond acceptors (Lipinski definition) is 5. The number of aryl methyl sites for hydroxylation is 1. The minimum atomic E-state index is -1.24. The minimum absolute atomic E-state index is 0.160. The van der Waals surface area contributed by atoms with Gasteiger partial charge >= 0.3 is 5.97 Å². The van der Waals surface area contributed by atoms with E-state index in [1.54, 1.807) is 19.9 Å². The summed E-state index contributed by atoms with van der Waals surface area (Å²) in [7, 11) is -1.24. The lowest BCUT2D eigenvalue weighted by Gasteiger charge is -2.09. The summed E-state index contributed by atoms with van der Waals surface area (Å²) in [6.07, 6.45) is 3.35. The van der Waals surface area contributed by atoms with E-state index in [2.05, 4.69) is 25.9 Å². The molecule has 1 aromatic heterocycles. The third kappa shape index (κ3) is 2.98. The summed E-state index contributed by atoms with van der Waals surface area (Å²) in [6.45, 7) is 3.80. The second-order valence-electron chi connectivity index (χ2n) is 4.90. The minimum Gasteiger partial charge on any atom is -0.461 e. The third-order valence-corrected chi connectivity index (χ3v) is 5.63. The molecule has 0 aliphatic carbocycles. The molecule has 3 rings (SSSR count). The standard InChI is InChI=1S/C16H13BrN2O3S/c1-3-22-16(20)15-14(19-9(2)8-18-15)11-5-4-10-7-13(17)23(21)12(10)6-11/h4-8H,3H2,1-2H3. The van der Waals surface area contributed by atoms with Crippen LogP contribution in [0, 0.1) is 6.92 Å². The lowest BCUT2D eigenvalue weighted by Crippen LogP contribution is -2.11. The van der Waals surface area contributed by atoms with Gasteiger partial charge in [0.2, 0.25) is 0 Å². The van der Waals surface area contributed by atoms with Gasteiger partial charge in [-0.05, 0) is 47.5 Å². The number of carbonyl (C=O) groups is 1. The molecule has 1 atom stereocenters. The molecule has 0 bridgehead atoms. The summed E-state index contributed by atoms with van der Waals surface area (Å²) >= 11 is 3.29. The summed E-state index contributed by atoms with van der Waals surface area (Å²) in [4.78, 5) is 21.4. The molecule has 0 saturated heterocycles. The Morgan fingerprint density at radius 3 is 2.91 bits per heavy atom. The van der Waals surface area contributed by atoms with E-state index < -0.39 is 16.8 Å². The van der Waals surface area contributed by atoms with E-state index in [0.717, 1.165) is 5.56 Å². The maximum atomic E-state index is 12.2. The van der Waals surface area contributed by atoms with Crippen LogP contribution in [0.15, 0.2) is 33.1 Å². The van der Waals surface area contributed by atoms with Crippen LogP contribution in [0.4, 0.5) is 0 Å². The Morgan fingerprint density at radius 1 is 1.39 bits per heavy atom. The van der Waals surface area contributed by atoms with Crippen molar-refractivity contribution in [2.75, 3.05) is 6.61 Å². The first-order valence-electron chi connectivity index (χ1n) is 6.95. The van der Waals surface area contributed by atoms with Crippen molar-refractivity contribution in [3.05, 3.63) is 45.2 Å². The number of ether oxygens (including phenoxy) is 1. The first-order valence-corrected chi connectivity index (χ1v) is 8.89. The summed E-state index contributed by atoms with van der Waals surface area (Å²) in [5, 5.41) is 0. The molecular weight excluding hydrogens is 380 g/mol.